The van der Waals surface area contributed by atoms with Crippen LogP contribution in [0.15, 0.2) is 18.2 Å². The normalized spacial score (nSPS) is 27.7. The van der Waals surface area contributed by atoms with Crippen molar-refractivity contribution in [2.75, 3.05) is 0 Å². The van der Waals surface area contributed by atoms with Crippen LogP contribution >= 0.6 is 0 Å². The van der Waals surface area contributed by atoms with E-state index in [1.807, 2.05) is 4.90 Å². The first-order valence-electron chi connectivity index (χ1n) is 7.31. The van der Waals surface area contributed by atoms with Crippen molar-refractivity contribution in [1.29, 1.82) is 0 Å². The molecule has 21 heavy (non-hydrogen) atoms. The van der Waals surface area contributed by atoms with E-state index in [0.717, 1.165) is 25.7 Å². The van der Waals surface area contributed by atoms with Gasteiger partial charge in [-0.05, 0) is 38.7 Å². The Morgan fingerprint density at radius 1 is 1.33 bits per heavy atom. The number of fused-ring (bicyclic) bond motifs is 2. The second-order valence-corrected chi connectivity index (χ2v) is 6.04. The highest BCUT2D eigenvalue weighted by Crippen LogP contribution is 2.37. The summed E-state index contributed by atoms with van der Waals surface area (Å²) in [5.41, 5.74) is 6.91. The van der Waals surface area contributed by atoms with Crippen molar-refractivity contribution in [2.24, 2.45) is 5.73 Å². The molecule has 0 aromatic heterocycles. The van der Waals surface area contributed by atoms with E-state index in [9.17, 15) is 14.9 Å². The lowest BCUT2D eigenvalue weighted by Crippen LogP contribution is -2.50. The summed E-state index contributed by atoms with van der Waals surface area (Å²) in [5, 5.41) is 11.0. The third-order valence-electron chi connectivity index (χ3n) is 4.74. The smallest absolute Gasteiger partial charge is 0.273 e. The number of rotatable bonds is 2. The highest BCUT2D eigenvalue weighted by Gasteiger charge is 2.42. The number of amides is 1. The van der Waals surface area contributed by atoms with Crippen molar-refractivity contribution >= 4 is 11.6 Å². The van der Waals surface area contributed by atoms with E-state index < -0.39 is 4.92 Å². The third-order valence-corrected chi connectivity index (χ3v) is 4.74. The van der Waals surface area contributed by atoms with Gasteiger partial charge in [-0.1, -0.05) is 6.07 Å². The van der Waals surface area contributed by atoms with E-state index in [1.165, 1.54) is 6.07 Å². The molecule has 2 heterocycles. The van der Waals surface area contributed by atoms with Gasteiger partial charge in [-0.2, -0.15) is 0 Å². The molecule has 0 aliphatic carbocycles. The van der Waals surface area contributed by atoms with Crippen LogP contribution in [0.3, 0.4) is 0 Å². The van der Waals surface area contributed by atoms with Gasteiger partial charge in [0.1, 0.15) is 0 Å². The molecule has 3 rings (SSSR count). The van der Waals surface area contributed by atoms with Gasteiger partial charge in [0.2, 0.25) is 0 Å². The molecule has 1 amide bonds. The average molecular weight is 289 g/mol. The van der Waals surface area contributed by atoms with Crippen LogP contribution in [-0.2, 0) is 0 Å². The quantitative estimate of drug-likeness (QED) is 0.666. The van der Waals surface area contributed by atoms with Crippen LogP contribution in [0, 0.1) is 17.0 Å². The van der Waals surface area contributed by atoms with Crippen molar-refractivity contribution in [2.45, 2.75) is 50.7 Å². The molecule has 2 bridgehead atoms. The van der Waals surface area contributed by atoms with E-state index in [1.54, 1.807) is 19.1 Å². The number of nitrogens with zero attached hydrogens (tertiary/aromatic N) is 2. The minimum Gasteiger partial charge on any atom is -0.333 e. The lowest BCUT2D eigenvalue weighted by Gasteiger charge is -2.38. The zero-order valence-corrected chi connectivity index (χ0v) is 12.0. The van der Waals surface area contributed by atoms with Gasteiger partial charge in [0.25, 0.3) is 11.6 Å². The molecule has 1 aromatic carbocycles. The molecule has 1 aromatic rings. The highest BCUT2D eigenvalue weighted by molar-refractivity contribution is 5.97. The lowest BCUT2D eigenvalue weighted by molar-refractivity contribution is -0.385. The Morgan fingerprint density at radius 3 is 2.52 bits per heavy atom. The van der Waals surface area contributed by atoms with E-state index in [0.29, 0.717) is 11.1 Å². The SMILES string of the molecule is Cc1c(C(=O)N2C3CCC2CC(N)C3)cccc1[N+](=O)[O-]. The van der Waals surface area contributed by atoms with Crippen molar-refractivity contribution < 1.29 is 9.72 Å². The summed E-state index contributed by atoms with van der Waals surface area (Å²) in [7, 11) is 0. The molecule has 0 saturated carbocycles. The second kappa shape index (κ2) is 5.11. The van der Waals surface area contributed by atoms with Crippen LogP contribution in [0.4, 0.5) is 5.69 Å². The lowest BCUT2D eigenvalue weighted by atomic mass is 9.96. The summed E-state index contributed by atoms with van der Waals surface area (Å²) in [6.45, 7) is 1.64. The number of piperidine rings is 1. The summed E-state index contributed by atoms with van der Waals surface area (Å²) in [4.78, 5) is 25.3. The van der Waals surface area contributed by atoms with E-state index in [-0.39, 0.29) is 29.7 Å². The van der Waals surface area contributed by atoms with Crippen LogP contribution < -0.4 is 5.73 Å². The summed E-state index contributed by atoms with van der Waals surface area (Å²) in [5.74, 6) is -0.0874. The van der Waals surface area contributed by atoms with Crippen LogP contribution in [0.1, 0.15) is 41.6 Å². The molecule has 112 valence electrons. The number of nitro groups is 1. The van der Waals surface area contributed by atoms with Gasteiger partial charge in [-0.3, -0.25) is 14.9 Å². The van der Waals surface area contributed by atoms with Gasteiger partial charge in [0, 0.05) is 35.3 Å². The van der Waals surface area contributed by atoms with E-state index >= 15 is 0 Å². The number of carbonyl (C=O) groups excluding carboxylic acids is 1. The molecule has 6 nitrogen and oxygen atoms in total. The number of nitrogens with two attached hydrogens (primary N) is 1. The van der Waals surface area contributed by atoms with Crippen molar-refractivity contribution in [1.82, 2.24) is 4.90 Å². The van der Waals surface area contributed by atoms with Gasteiger partial charge in [0.05, 0.1) is 4.92 Å². The first-order valence-corrected chi connectivity index (χ1v) is 7.31. The van der Waals surface area contributed by atoms with Crippen LogP contribution in [-0.4, -0.2) is 33.9 Å². The van der Waals surface area contributed by atoms with Gasteiger partial charge in [0.15, 0.2) is 0 Å². The Labute approximate surface area is 123 Å². The van der Waals surface area contributed by atoms with Crippen LogP contribution in [0.2, 0.25) is 0 Å². The van der Waals surface area contributed by atoms with Gasteiger partial charge in [-0.25, -0.2) is 0 Å². The molecule has 6 heteroatoms. The monoisotopic (exact) mass is 289 g/mol. The Hall–Kier alpha value is -1.95. The number of hydrogen-bond acceptors (Lipinski definition) is 4. The summed E-state index contributed by atoms with van der Waals surface area (Å²) in [6.07, 6.45) is 3.63. The molecule has 2 atom stereocenters. The molecule has 2 unspecified atom stereocenters. The standard InChI is InChI=1S/C15H19N3O3/c1-9-13(3-2-4-14(9)18(20)21)15(19)17-11-5-6-12(17)8-10(16)7-11/h2-4,10-12H,5-8,16H2,1H3. The molecular formula is C15H19N3O3. The first kappa shape index (κ1) is 14.0. The zero-order chi connectivity index (χ0) is 15.1. The molecule has 2 aliphatic rings. The Kier molecular flexibility index (Phi) is 3.41. The molecular weight excluding hydrogens is 270 g/mol. The summed E-state index contributed by atoms with van der Waals surface area (Å²) >= 11 is 0. The second-order valence-electron chi connectivity index (χ2n) is 6.04. The maximum atomic E-state index is 12.8. The van der Waals surface area contributed by atoms with Crippen molar-refractivity contribution in [3.05, 3.63) is 39.4 Å². The van der Waals surface area contributed by atoms with Crippen LogP contribution in [0.25, 0.3) is 0 Å². The Morgan fingerprint density at radius 2 is 1.95 bits per heavy atom. The van der Waals surface area contributed by atoms with Gasteiger partial charge in [-0.15, -0.1) is 0 Å². The molecule has 0 radical (unpaired) electrons. The van der Waals surface area contributed by atoms with Crippen molar-refractivity contribution in [3.63, 3.8) is 0 Å². The largest absolute Gasteiger partial charge is 0.333 e. The highest BCUT2D eigenvalue weighted by atomic mass is 16.6. The number of carbonyl (C=O) groups is 1. The topological polar surface area (TPSA) is 89.5 Å². The Balaban J connectivity index is 1.93. The first-order chi connectivity index (χ1) is 9.99. The molecule has 0 spiro atoms. The van der Waals surface area contributed by atoms with E-state index in [4.69, 9.17) is 5.73 Å². The Bertz CT molecular complexity index is 588. The number of benzene rings is 1. The fourth-order valence-corrected chi connectivity index (χ4v) is 3.74. The molecule has 2 fully saturated rings. The van der Waals surface area contributed by atoms with Crippen LogP contribution in [0.5, 0.6) is 0 Å². The van der Waals surface area contributed by atoms with Gasteiger partial charge < -0.3 is 10.6 Å². The maximum Gasteiger partial charge on any atom is 0.273 e. The maximum absolute atomic E-state index is 12.8. The molecule has 2 saturated heterocycles. The molecule has 2 N–H and O–H groups in total. The number of hydrogen-bond donors (Lipinski definition) is 1. The third kappa shape index (κ3) is 2.29. The summed E-state index contributed by atoms with van der Waals surface area (Å²) < 4.78 is 0. The number of nitro benzene ring substituents is 1. The van der Waals surface area contributed by atoms with E-state index in [2.05, 4.69) is 0 Å². The average Bonchev–Trinajstić information content (AvgIpc) is 2.70. The predicted molar refractivity (Wildman–Crippen MR) is 78.0 cm³/mol. The van der Waals surface area contributed by atoms with Gasteiger partial charge >= 0.3 is 0 Å². The fourth-order valence-electron chi connectivity index (χ4n) is 3.74. The minimum atomic E-state index is -0.438. The fraction of sp³-hybridized carbons (Fsp3) is 0.533. The summed E-state index contributed by atoms with van der Waals surface area (Å²) in [6, 6.07) is 5.23. The van der Waals surface area contributed by atoms with Crippen molar-refractivity contribution in [3.8, 4) is 0 Å². The minimum absolute atomic E-state index is 0.00177. The molecule has 2 aliphatic heterocycles. The predicted octanol–water partition coefficient (Wildman–Crippen LogP) is 2.00. The zero-order valence-electron chi connectivity index (χ0n) is 12.0.